The molecule has 0 fully saturated rings. The highest BCUT2D eigenvalue weighted by Crippen LogP contribution is 2.49. The second kappa shape index (κ2) is 5.95. The van der Waals surface area contributed by atoms with Crippen LogP contribution in [0.15, 0.2) is 57.2 Å². The summed E-state index contributed by atoms with van der Waals surface area (Å²) in [5, 5.41) is 0.0444. The molecule has 0 bridgehead atoms. The molecule has 0 aliphatic carbocycles. The monoisotopic (exact) mass is 335 g/mol. The van der Waals surface area contributed by atoms with Crippen LogP contribution in [0, 0.1) is 0 Å². The van der Waals surface area contributed by atoms with Crippen molar-refractivity contribution in [1.29, 1.82) is 0 Å². The Morgan fingerprint density at radius 3 is 2.57 bits per heavy atom. The van der Waals surface area contributed by atoms with Gasteiger partial charge in [0.1, 0.15) is 0 Å². The summed E-state index contributed by atoms with van der Waals surface area (Å²) in [4.78, 5) is 16.8. The van der Waals surface area contributed by atoms with Crippen LogP contribution < -0.4 is 4.90 Å². The van der Waals surface area contributed by atoms with Crippen LogP contribution in [0.5, 0.6) is 0 Å². The predicted molar refractivity (Wildman–Crippen MR) is 91.4 cm³/mol. The Morgan fingerprint density at radius 2 is 1.86 bits per heavy atom. The molecular weight excluding hydrogens is 322 g/mol. The van der Waals surface area contributed by atoms with E-state index in [9.17, 15) is 4.79 Å². The maximum Gasteiger partial charge on any atom is 0.325 e. The molecule has 108 valence electrons. The summed E-state index contributed by atoms with van der Waals surface area (Å²) in [6.07, 6.45) is 0. The zero-order valence-electron chi connectivity index (χ0n) is 11.7. The third-order valence-corrected chi connectivity index (χ3v) is 5.32. The third kappa shape index (κ3) is 2.93. The van der Waals surface area contributed by atoms with E-state index in [1.165, 1.54) is 4.90 Å². The lowest BCUT2D eigenvalue weighted by Gasteiger charge is -2.29. The Kier molecular flexibility index (Phi) is 4.20. The first kappa shape index (κ1) is 14.8. The number of rotatable bonds is 2. The van der Waals surface area contributed by atoms with Crippen LogP contribution in [0.4, 0.5) is 16.2 Å². The van der Waals surface area contributed by atoms with Crippen LogP contribution >= 0.6 is 35.1 Å². The average molecular weight is 336 g/mol. The molecule has 21 heavy (non-hydrogen) atoms. The molecule has 0 saturated heterocycles. The first-order chi connectivity index (χ1) is 10.1. The van der Waals surface area contributed by atoms with E-state index in [1.807, 2.05) is 48.2 Å². The average Bonchev–Trinajstić information content (AvgIpc) is 2.43. The molecule has 5 heteroatoms. The number of halogens is 1. The van der Waals surface area contributed by atoms with Crippen molar-refractivity contribution in [3.63, 3.8) is 0 Å². The van der Waals surface area contributed by atoms with E-state index >= 15 is 0 Å². The minimum absolute atomic E-state index is 0.478. The van der Waals surface area contributed by atoms with Gasteiger partial charge in [0, 0.05) is 19.9 Å². The fraction of sp³-hybridized carbons (Fsp3) is 0.188. The summed E-state index contributed by atoms with van der Waals surface area (Å²) >= 11 is 9.30. The summed E-state index contributed by atoms with van der Waals surface area (Å²) < 4.78 is 0. The molecule has 1 heterocycles. The van der Waals surface area contributed by atoms with Gasteiger partial charge in [-0.05, 0) is 41.9 Å². The standard InChI is InChI=1S/C16H14ClNOS2/c1-10(2)20-11-7-8-13-15(9-11)21-14-6-4-3-5-12(14)18(13)16(17)19/h3-10H,1-2H3. The number of benzene rings is 2. The first-order valence-corrected chi connectivity index (χ1v) is 8.71. The van der Waals surface area contributed by atoms with Crippen molar-refractivity contribution in [2.24, 2.45) is 0 Å². The summed E-state index contributed by atoms with van der Waals surface area (Å²) in [7, 11) is 0. The third-order valence-electron chi connectivity index (χ3n) is 3.05. The molecule has 0 radical (unpaired) electrons. The molecular formula is C16H14ClNOS2. The SMILES string of the molecule is CC(C)Sc1ccc2c(c1)Sc1ccccc1N2C(=O)Cl. The summed E-state index contributed by atoms with van der Waals surface area (Å²) in [5.74, 6) is 0. The molecule has 1 aliphatic rings. The summed E-state index contributed by atoms with van der Waals surface area (Å²) in [5.41, 5.74) is 1.70. The van der Waals surface area contributed by atoms with E-state index in [1.54, 1.807) is 16.7 Å². The van der Waals surface area contributed by atoms with Gasteiger partial charge in [-0.1, -0.05) is 37.7 Å². The molecule has 0 unspecified atom stereocenters. The van der Waals surface area contributed by atoms with Crippen LogP contribution in [-0.2, 0) is 0 Å². The number of carbonyl (C=O) groups excluding carboxylic acids is 1. The molecule has 1 amide bonds. The van der Waals surface area contributed by atoms with Crippen molar-refractivity contribution < 1.29 is 4.79 Å². The number of anilines is 2. The van der Waals surface area contributed by atoms with Gasteiger partial charge in [-0.3, -0.25) is 9.69 Å². The van der Waals surface area contributed by atoms with Crippen LogP contribution in [0.3, 0.4) is 0 Å². The van der Waals surface area contributed by atoms with E-state index in [0.717, 1.165) is 21.2 Å². The topological polar surface area (TPSA) is 20.3 Å². The maximum absolute atomic E-state index is 11.9. The summed E-state index contributed by atoms with van der Waals surface area (Å²) in [6.45, 7) is 4.34. The van der Waals surface area contributed by atoms with E-state index in [2.05, 4.69) is 19.9 Å². The molecule has 0 N–H and O–H groups in total. The number of nitrogens with zero attached hydrogens (tertiary/aromatic N) is 1. The van der Waals surface area contributed by atoms with E-state index in [0.29, 0.717) is 5.25 Å². The minimum atomic E-state index is -0.478. The van der Waals surface area contributed by atoms with Crippen LogP contribution in [0.1, 0.15) is 13.8 Å². The Bertz CT molecular complexity index is 702. The zero-order valence-corrected chi connectivity index (χ0v) is 14.1. The number of hydrogen-bond donors (Lipinski definition) is 0. The number of amides is 1. The lowest BCUT2D eigenvalue weighted by atomic mass is 10.2. The molecule has 0 atom stereocenters. The van der Waals surface area contributed by atoms with Crippen molar-refractivity contribution in [2.45, 2.75) is 33.8 Å². The van der Waals surface area contributed by atoms with Gasteiger partial charge in [0.05, 0.1) is 11.4 Å². The number of fused-ring (bicyclic) bond motifs is 2. The normalized spacial score (nSPS) is 13.0. The Labute approximate surface area is 137 Å². The maximum atomic E-state index is 11.9. The molecule has 2 aromatic rings. The van der Waals surface area contributed by atoms with Crippen LogP contribution in [-0.4, -0.2) is 10.6 Å². The highest BCUT2D eigenvalue weighted by molar-refractivity contribution is 8.00. The van der Waals surface area contributed by atoms with E-state index in [4.69, 9.17) is 11.6 Å². The zero-order chi connectivity index (χ0) is 15.0. The van der Waals surface area contributed by atoms with Crippen LogP contribution in [0.2, 0.25) is 0 Å². The lowest BCUT2D eigenvalue weighted by molar-refractivity contribution is 0.266. The van der Waals surface area contributed by atoms with Gasteiger partial charge >= 0.3 is 5.37 Å². The van der Waals surface area contributed by atoms with Crippen molar-refractivity contribution in [1.82, 2.24) is 0 Å². The summed E-state index contributed by atoms with van der Waals surface area (Å²) in [6, 6.07) is 14.0. The molecule has 1 aliphatic heterocycles. The fourth-order valence-electron chi connectivity index (χ4n) is 2.27. The molecule has 2 nitrogen and oxygen atoms in total. The molecule has 3 rings (SSSR count). The van der Waals surface area contributed by atoms with Crippen molar-refractivity contribution in [2.75, 3.05) is 4.90 Å². The quantitative estimate of drug-likeness (QED) is 0.373. The Hall–Kier alpha value is -1.10. The van der Waals surface area contributed by atoms with Crippen LogP contribution in [0.25, 0.3) is 0 Å². The van der Waals surface area contributed by atoms with Crippen molar-refractivity contribution >= 4 is 51.9 Å². The van der Waals surface area contributed by atoms with Gasteiger partial charge in [-0.25, -0.2) is 0 Å². The largest absolute Gasteiger partial charge is 0.325 e. The Balaban J connectivity index is 2.08. The smallest absolute Gasteiger partial charge is 0.265 e. The van der Waals surface area contributed by atoms with E-state index < -0.39 is 5.37 Å². The molecule has 2 aromatic carbocycles. The minimum Gasteiger partial charge on any atom is -0.265 e. The fourth-order valence-corrected chi connectivity index (χ4v) is 4.50. The van der Waals surface area contributed by atoms with E-state index in [-0.39, 0.29) is 0 Å². The second-order valence-electron chi connectivity index (χ2n) is 4.95. The van der Waals surface area contributed by atoms with Gasteiger partial charge < -0.3 is 0 Å². The first-order valence-electron chi connectivity index (χ1n) is 6.63. The Morgan fingerprint density at radius 1 is 1.14 bits per heavy atom. The predicted octanol–water partition coefficient (Wildman–Crippen LogP) is 6.15. The molecule has 0 aromatic heterocycles. The molecule has 0 saturated carbocycles. The van der Waals surface area contributed by atoms with Crippen molar-refractivity contribution in [3.8, 4) is 0 Å². The highest BCUT2D eigenvalue weighted by atomic mass is 35.5. The number of carbonyl (C=O) groups is 1. The van der Waals surface area contributed by atoms with Gasteiger partial charge in [-0.2, -0.15) is 0 Å². The van der Waals surface area contributed by atoms with Gasteiger partial charge in [0.2, 0.25) is 0 Å². The van der Waals surface area contributed by atoms with Gasteiger partial charge in [0.15, 0.2) is 0 Å². The van der Waals surface area contributed by atoms with Gasteiger partial charge in [0.25, 0.3) is 0 Å². The highest BCUT2D eigenvalue weighted by Gasteiger charge is 2.27. The lowest BCUT2D eigenvalue weighted by Crippen LogP contribution is -2.22. The number of thioether (sulfide) groups is 1. The second-order valence-corrected chi connectivity index (χ2v) is 8.01. The van der Waals surface area contributed by atoms with Crippen molar-refractivity contribution in [3.05, 3.63) is 42.5 Å². The van der Waals surface area contributed by atoms with Gasteiger partial charge in [-0.15, -0.1) is 11.8 Å². The number of para-hydroxylation sites is 1. The molecule has 0 spiro atoms. The number of hydrogen-bond acceptors (Lipinski definition) is 3.